The maximum absolute atomic E-state index is 3.46. The first-order valence-electron chi connectivity index (χ1n) is 6.94. The molecule has 0 fully saturated rings. The van der Waals surface area contributed by atoms with Gasteiger partial charge in [0.15, 0.2) is 0 Å². The van der Waals surface area contributed by atoms with Crippen LogP contribution >= 0.6 is 0 Å². The third-order valence-corrected chi connectivity index (χ3v) is 3.08. The molecule has 2 rings (SSSR count). The predicted octanol–water partition coefficient (Wildman–Crippen LogP) is 2.61. The molecule has 2 aromatic carbocycles. The summed E-state index contributed by atoms with van der Waals surface area (Å²) in [4.78, 5) is 0. The van der Waals surface area contributed by atoms with Crippen molar-refractivity contribution in [3.8, 4) is 0 Å². The Kier molecular flexibility index (Phi) is 6.14. The van der Waals surface area contributed by atoms with Gasteiger partial charge in [-0.3, -0.25) is 0 Å². The fraction of sp³-hybridized carbons (Fsp3) is 0.294. The fourth-order valence-electron chi connectivity index (χ4n) is 2.01. The topological polar surface area (TPSA) is 24.1 Å². The summed E-state index contributed by atoms with van der Waals surface area (Å²) >= 11 is 0. The Morgan fingerprint density at radius 3 is 1.84 bits per heavy atom. The highest BCUT2D eigenvalue weighted by Gasteiger charge is 1.92. The summed E-state index contributed by atoms with van der Waals surface area (Å²) in [6, 6.07) is 21.1. The van der Waals surface area contributed by atoms with Crippen LogP contribution < -0.4 is 10.6 Å². The van der Waals surface area contributed by atoms with Crippen LogP contribution in [0.25, 0.3) is 0 Å². The lowest BCUT2D eigenvalue weighted by Gasteiger charge is -2.07. The van der Waals surface area contributed by atoms with E-state index in [2.05, 4.69) is 71.3 Å². The third-order valence-electron chi connectivity index (χ3n) is 3.08. The number of hydrogen-bond acceptors (Lipinski definition) is 2. The molecule has 0 amide bonds. The van der Waals surface area contributed by atoms with Gasteiger partial charge in [-0.25, -0.2) is 0 Å². The standard InChI is InChI=1S/C17H22N2/c1-3-7-16(8-4-1)11-12-18-13-14-19-15-17-9-5-2-6-10-17/h1-10,18-19H,11-15H2. The summed E-state index contributed by atoms with van der Waals surface area (Å²) in [6.45, 7) is 4.00. The second kappa shape index (κ2) is 8.46. The van der Waals surface area contributed by atoms with Crippen LogP contribution in [-0.4, -0.2) is 19.6 Å². The summed E-state index contributed by atoms with van der Waals surface area (Å²) < 4.78 is 0. The van der Waals surface area contributed by atoms with Gasteiger partial charge in [0.1, 0.15) is 0 Å². The summed E-state index contributed by atoms with van der Waals surface area (Å²) in [5.74, 6) is 0. The Bertz CT molecular complexity index is 396. The lowest BCUT2D eigenvalue weighted by atomic mass is 10.1. The molecule has 0 aliphatic heterocycles. The molecule has 0 saturated carbocycles. The van der Waals surface area contributed by atoms with Gasteiger partial charge in [0.25, 0.3) is 0 Å². The lowest BCUT2D eigenvalue weighted by Crippen LogP contribution is -2.28. The molecular weight excluding hydrogens is 232 g/mol. The summed E-state index contributed by atoms with van der Waals surface area (Å²) in [5, 5.41) is 6.90. The maximum Gasteiger partial charge on any atom is 0.0206 e. The number of hydrogen-bond donors (Lipinski definition) is 2. The highest BCUT2D eigenvalue weighted by molar-refractivity contribution is 5.15. The van der Waals surface area contributed by atoms with Crippen molar-refractivity contribution in [2.75, 3.05) is 19.6 Å². The Morgan fingerprint density at radius 1 is 0.579 bits per heavy atom. The van der Waals surface area contributed by atoms with E-state index in [9.17, 15) is 0 Å². The quantitative estimate of drug-likeness (QED) is 0.708. The third kappa shape index (κ3) is 5.69. The molecule has 100 valence electrons. The monoisotopic (exact) mass is 254 g/mol. The highest BCUT2D eigenvalue weighted by Crippen LogP contribution is 1.98. The predicted molar refractivity (Wildman–Crippen MR) is 81.2 cm³/mol. The van der Waals surface area contributed by atoms with Crippen molar-refractivity contribution in [1.29, 1.82) is 0 Å². The SMILES string of the molecule is c1ccc(CCNCCNCc2ccccc2)cc1. The van der Waals surface area contributed by atoms with Crippen LogP contribution in [-0.2, 0) is 13.0 Å². The minimum Gasteiger partial charge on any atom is -0.315 e. The van der Waals surface area contributed by atoms with Gasteiger partial charge in [-0.15, -0.1) is 0 Å². The zero-order chi connectivity index (χ0) is 13.2. The van der Waals surface area contributed by atoms with Crippen LogP contribution in [0, 0.1) is 0 Å². The van der Waals surface area contributed by atoms with E-state index in [4.69, 9.17) is 0 Å². The smallest absolute Gasteiger partial charge is 0.0206 e. The molecule has 0 radical (unpaired) electrons. The van der Waals surface area contributed by atoms with Crippen molar-refractivity contribution in [2.24, 2.45) is 0 Å². The number of benzene rings is 2. The molecule has 2 N–H and O–H groups in total. The highest BCUT2D eigenvalue weighted by atomic mass is 14.9. The van der Waals surface area contributed by atoms with E-state index in [1.165, 1.54) is 11.1 Å². The van der Waals surface area contributed by atoms with Crippen molar-refractivity contribution in [2.45, 2.75) is 13.0 Å². The molecule has 0 aromatic heterocycles. The lowest BCUT2D eigenvalue weighted by molar-refractivity contribution is 0.611. The zero-order valence-corrected chi connectivity index (χ0v) is 11.3. The van der Waals surface area contributed by atoms with Crippen molar-refractivity contribution in [1.82, 2.24) is 10.6 Å². The first kappa shape index (κ1) is 13.8. The van der Waals surface area contributed by atoms with E-state index in [1.807, 2.05) is 0 Å². The van der Waals surface area contributed by atoms with E-state index < -0.39 is 0 Å². The second-order valence-corrected chi connectivity index (χ2v) is 4.65. The van der Waals surface area contributed by atoms with Crippen molar-refractivity contribution < 1.29 is 0 Å². The number of nitrogens with one attached hydrogen (secondary N) is 2. The second-order valence-electron chi connectivity index (χ2n) is 4.65. The van der Waals surface area contributed by atoms with Crippen molar-refractivity contribution >= 4 is 0 Å². The van der Waals surface area contributed by atoms with E-state index in [0.717, 1.165) is 32.6 Å². The molecule has 2 heteroatoms. The average Bonchev–Trinajstić information content (AvgIpc) is 2.48. The Balaban J connectivity index is 1.49. The van der Waals surface area contributed by atoms with Crippen LogP contribution in [0.15, 0.2) is 60.7 Å². The first-order valence-corrected chi connectivity index (χ1v) is 6.94. The van der Waals surface area contributed by atoms with Gasteiger partial charge in [-0.05, 0) is 24.1 Å². The van der Waals surface area contributed by atoms with Gasteiger partial charge in [0.05, 0.1) is 0 Å². The van der Waals surface area contributed by atoms with Crippen LogP contribution in [0.4, 0.5) is 0 Å². The Morgan fingerprint density at radius 2 is 1.16 bits per heavy atom. The van der Waals surface area contributed by atoms with E-state index >= 15 is 0 Å². The summed E-state index contributed by atoms with van der Waals surface area (Å²) in [6.07, 6.45) is 1.10. The van der Waals surface area contributed by atoms with Crippen LogP contribution in [0.3, 0.4) is 0 Å². The van der Waals surface area contributed by atoms with E-state index in [-0.39, 0.29) is 0 Å². The van der Waals surface area contributed by atoms with Crippen LogP contribution in [0.2, 0.25) is 0 Å². The summed E-state index contributed by atoms with van der Waals surface area (Å²) in [7, 11) is 0. The van der Waals surface area contributed by atoms with Gasteiger partial charge >= 0.3 is 0 Å². The zero-order valence-electron chi connectivity index (χ0n) is 11.3. The Hall–Kier alpha value is -1.64. The van der Waals surface area contributed by atoms with Gasteiger partial charge in [0, 0.05) is 19.6 Å². The Labute approximate surface area is 115 Å². The van der Waals surface area contributed by atoms with E-state index in [0.29, 0.717) is 0 Å². The summed E-state index contributed by atoms with van der Waals surface area (Å²) in [5.41, 5.74) is 2.74. The molecule has 0 spiro atoms. The molecule has 2 aromatic rings. The minimum absolute atomic E-state index is 0.946. The normalized spacial score (nSPS) is 10.5. The van der Waals surface area contributed by atoms with Gasteiger partial charge in [-0.2, -0.15) is 0 Å². The molecule has 19 heavy (non-hydrogen) atoms. The van der Waals surface area contributed by atoms with Crippen molar-refractivity contribution in [3.63, 3.8) is 0 Å². The average molecular weight is 254 g/mol. The molecule has 2 nitrogen and oxygen atoms in total. The molecule has 0 saturated heterocycles. The molecule has 0 atom stereocenters. The van der Waals surface area contributed by atoms with Gasteiger partial charge < -0.3 is 10.6 Å². The fourth-order valence-corrected chi connectivity index (χ4v) is 2.01. The molecule has 0 heterocycles. The molecule has 0 bridgehead atoms. The largest absolute Gasteiger partial charge is 0.315 e. The maximum atomic E-state index is 3.46. The van der Waals surface area contributed by atoms with Crippen molar-refractivity contribution in [3.05, 3.63) is 71.8 Å². The van der Waals surface area contributed by atoms with Gasteiger partial charge in [0.2, 0.25) is 0 Å². The molecular formula is C17H22N2. The van der Waals surface area contributed by atoms with Gasteiger partial charge in [-0.1, -0.05) is 60.7 Å². The van der Waals surface area contributed by atoms with Crippen LogP contribution in [0.1, 0.15) is 11.1 Å². The number of rotatable bonds is 8. The molecule has 0 aliphatic carbocycles. The first-order chi connectivity index (χ1) is 9.45. The molecule has 0 aliphatic rings. The van der Waals surface area contributed by atoms with Crippen LogP contribution in [0.5, 0.6) is 0 Å². The molecule has 0 unspecified atom stereocenters. The van der Waals surface area contributed by atoms with E-state index in [1.54, 1.807) is 0 Å². The minimum atomic E-state index is 0.946.